The SMILES string of the molecule is CCn1c(=NS(=O)(=O)c2ccc(Cl)cc2)sc2cc(SC)ccc21. The first-order valence-corrected chi connectivity index (χ1v) is 11.0. The van der Waals surface area contributed by atoms with Crippen LogP contribution in [0.1, 0.15) is 6.92 Å². The van der Waals surface area contributed by atoms with E-state index in [1.54, 1.807) is 23.9 Å². The molecule has 0 bridgehead atoms. The quantitative estimate of drug-likeness (QED) is 0.612. The Balaban J connectivity index is 2.20. The molecule has 24 heavy (non-hydrogen) atoms. The summed E-state index contributed by atoms with van der Waals surface area (Å²) < 4.78 is 32.1. The van der Waals surface area contributed by atoms with Gasteiger partial charge in [-0.15, -0.1) is 16.2 Å². The van der Waals surface area contributed by atoms with E-state index >= 15 is 0 Å². The normalized spacial score (nSPS) is 12.9. The van der Waals surface area contributed by atoms with Gasteiger partial charge in [0.05, 0.1) is 15.1 Å². The molecule has 8 heteroatoms. The smallest absolute Gasteiger partial charge is 0.285 e. The molecule has 0 aliphatic heterocycles. The number of fused-ring (bicyclic) bond motifs is 1. The molecule has 3 rings (SSSR count). The molecule has 3 aromatic rings. The first kappa shape index (κ1) is 17.5. The number of aryl methyl sites for hydroxylation is 1. The molecular formula is C16H15ClN2O2S3. The Morgan fingerprint density at radius 1 is 1.21 bits per heavy atom. The monoisotopic (exact) mass is 398 g/mol. The summed E-state index contributed by atoms with van der Waals surface area (Å²) in [6, 6.07) is 12.1. The van der Waals surface area contributed by atoms with Gasteiger partial charge in [0.15, 0.2) is 0 Å². The predicted molar refractivity (Wildman–Crippen MR) is 101 cm³/mol. The maximum Gasteiger partial charge on any atom is 0.285 e. The second kappa shape index (κ2) is 6.92. The minimum Gasteiger partial charge on any atom is -0.316 e. The van der Waals surface area contributed by atoms with Gasteiger partial charge in [-0.3, -0.25) is 0 Å². The third-order valence-electron chi connectivity index (χ3n) is 3.52. The molecule has 0 radical (unpaired) electrons. The van der Waals surface area contributed by atoms with Gasteiger partial charge in [0, 0.05) is 16.5 Å². The lowest BCUT2D eigenvalue weighted by molar-refractivity contribution is 0.595. The van der Waals surface area contributed by atoms with Crippen LogP contribution in [0.3, 0.4) is 0 Å². The third-order valence-corrected chi connectivity index (χ3v) is 6.93. The van der Waals surface area contributed by atoms with Crippen LogP contribution < -0.4 is 4.80 Å². The second-order valence-corrected chi connectivity index (χ2v) is 8.91. The number of thioether (sulfide) groups is 1. The topological polar surface area (TPSA) is 51.4 Å². The average molecular weight is 399 g/mol. The van der Waals surface area contributed by atoms with Crippen LogP contribution in [0.4, 0.5) is 0 Å². The summed E-state index contributed by atoms with van der Waals surface area (Å²) in [5.74, 6) is 0. The van der Waals surface area contributed by atoms with Crippen molar-refractivity contribution in [3.63, 3.8) is 0 Å². The standard InChI is InChI=1S/C16H15ClN2O2S3/c1-3-19-14-9-6-12(22-2)10-15(14)23-16(19)18-24(20,21)13-7-4-11(17)5-8-13/h4-10H,3H2,1-2H3. The van der Waals surface area contributed by atoms with E-state index in [0.717, 1.165) is 15.1 Å². The van der Waals surface area contributed by atoms with Crippen molar-refractivity contribution in [1.82, 2.24) is 4.57 Å². The molecular weight excluding hydrogens is 384 g/mol. The van der Waals surface area contributed by atoms with Gasteiger partial charge in [0.2, 0.25) is 4.80 Å². The molecule has 0 saturated heterocycles. The van der Waals surface area contributed by atoms with E-state index in [9.17, 15) is 8.42 Å². The van der Waals surface area contributed by atoms with Gasteiger partial charge in [-0.1, -0.05) is 22.9 Å². The first-order chi connectivity index (χ1) is 11.4. The van der Waals surface area contributed by atoms with Crippen molar-refractivity contribution in [1.29, 1.82) is 0 Å². The van der Waals surface area contributed by atoms with Gasteiger partial charge in [-0.2, -0.15) is 8.42 Å². The highest BCUT2D eigenvalue weighted by Crippen LogP contribution is 2.24. The molecule has 0 amide bonds. The van der Waals surface area contributed by atoms with E-state index in [0.29, 0.717) is 16.4 Å². The number of rotatable bonds is 4. The number of nitrogens with zero attached hydrogens (tertiary/aromatic N) is 2. The third kappa shape index (κ3) is 3.39. The van der Waals surface area contributed by atoms with E-state index in [1.165, 1.54) is 23.5 Å². The Labute approximate surface area is 153 Å². The Bertz CT molecular complexity index is 1050. The zero-order valence-electron chi connectivity index (χ0n) is 13.1. The van der Waals surface area contributed by atoms with Crippen LogP contribution >= 0.6 is 34.7 Å². The van der Waals surface area contributed by atoms with Gasteiger partial charge < -0.3 is 4.57 Å². The number of sulfonamides is 1. The molecule has 2 aromatic carbocycles. The molecule has 0 atom stereocenters. The zero-order chi connectivity index (χ0) is 17.3. The maximum absolute atomic E-state index is 12.6. The minimum atomic E-state index is -3.78. The van der Waals surface area contributed by atoms with Gasteiger partial charge in [0.1, 0.15) is 0 Å². The van der Waals surface area contributed by atoms with Gasteiger partial charge in [-0.25, -0.2) is 0 Å². The number of hydrogen-bond acceptors (Lipinski definition) is 4. The summed E-state index contributed by atoms with van der Waals surface area (Å²) in [5, 5.41) is 0.490. The molecule has 0 unspecified atom stereocenters. The van der Waals surface area contributed by atoms with Crippen LogP contribution in [-0.4, -0.2) is 19.2 Å². The molecule has 0 N–H and O–H groups in total. The highest BCUT2D eigenvalue weighted by Gasteiger charge is 2.14. The van der Waals surface area contributed by atoms with E-state index in [-0.39, 0.29) is 4.90 Å². The Hall–Kier alpha value is -1.28. The minimum absolute atomic E-state index is 0.136. The van der Waals surface area contributed by atoms with Crippen molar-refractivity contribution in [3.8, 4) is 0 Å². The fraction of sp³-hybridized carbons (Fsp3) is 0.188. The number of halogens is 1. The van der Waals surface area contributed by atoms with Crippen LogP contribution in [0.2, 0.25) is 5.02 Å². The molecule has 4 nitrogen and oxygen atoms in total. The number of hydrogen-bond donors (Lipinski definition) is 0. The van der Waals surface area contributed by atoms with Crippen molar-refractivity contribution in [2.45, 2.75) is 23.3 Å². The molecule has 1 aromatic heterocycles. The lowest BCUT2D eigenvalue weighted by Gasteiger charge is -2.02. The highest BCUT2D eigenvalue weighted by molar-refractivity contribution is 7.98. The van der Waals surface area contributed by atoms with Crippen LogP contribution in [-0.2, 0) is 16.6 Å². The molecule has 0 spiro atoms. The highest BCUT2D eigenvalue weighted by atomic mass is 35.5. The largest absolute Gasteiger partial charge is 0.316 e. The van der Waals surface area contributed by atoms with E-state index in [4.69, 9.17) is 11.6 Å². The first-order valence-electron chi connectivity index (χ1n) is 7.18. The summed E-state index contributed by atoms with van der Waals surface area (Å²) in [6.07, 6.45) is 2.01. The second-order valence-electron chi connectivity index (χ2n) is 4.98. The van der Waals surface area contributed by atoms with Crippen LogP contribution in [0, 0.1) is 0 Å². The molecule has 0 fully saturated rings. The zero-order valence-corrected chi connectivity index (χ0v) is 16.3. The van der Waals surface area contributed by atoms with Crippen molar-refractivity contribution in [2.75, 3.05) is 6.26 Å². The number of aromatic nitrogens is 1. The fourth-order valence-corrected chi connectivity index (χ4v) is 5.29. The van der Waals surface area contributed by atoms with Gasteiger partial charge in [-0.05, 0) is 55.6 Å². The van der Waals surface area contributed by atoms with E-state index in [2.05, 4.69) is 10.5 Å². The van der Waals surface area contributed by atoms with Crippen molar-refractivity contribution >= 4 is 54.9 Å². The fourth-order valence-electron chi connectivity index (χ4n) is 2.32. The van der Waals surface area contributed by atoms with Gasteiger partial charge in [0.25, 0.3) is 10.0 Å². The summed E-state index contributed by atoms with van der Waals surface area (Å²) in [7, 11) is -3.78. The summed E-state index contributed by atoms with van der Waals surface area (Å²) in [6.45, 7) is 2.62. The van der Waals surface area contributed by atoms with E-state index in [1.807, 2.05) is 29.9 Å². The molecule has 0 aliphatic carbocycles. The maximum atomic E-state index is 12.6. The Kier molecular flexibility index (Phi) is 5.05. The summed E-state index contributed by atoms with van der Waals surface area (Å²) in [4.78, 5) is 1.75. The average Bonchev–Trinajstić information content (AvgIpc) is 2.90. The molecule has 126 valence electrons. The molecule has 0 saturated carbocycles. The van der Waals surface area contributed by atoms with Gasteiger partial charge >= 0.3 is 0 Å². The van der Waals surface area contributed by atoms with Crippen LogP contribution in [0.25, 0.3) is 10.2 Å². The molecule has 0 aliphatic rings. The van der Waals surface area contributed by atoms with Crippen molar-refractivity contribution in [3.05, 3.63) is 52.3 Å². The lowest BCUT2D eigenvalue weighted by atomic mass is 10.3. The molecule has 1 heterocycles. The Morgan fingerprint density at radius 2 is 1.92 bits per heavy atom. The van der Waals surface area contributed by atoms with Crippen molar-refractivity contribution in [2.24, 2.45) is 4.40 Å². The summed E-state index contributed by atoms with van der Waals surface area (Å²) in [5.41, 5.74) is 0.991. The predicted octanol–water partition coefficient (Wildman–Crippen LogP) is 4.39. The Morgan fingerprint density at radius 3 is 2.54 bits per heavy atom. The number of benzene rings is 2. The van der Waals surface area contributed by atoms with Crippen molar-refractivity contribution < 1.29 is 8.42 Å². The number of thiazole rings is 1. The van der Waals surface area contributed by atoms with E-state index < -0.39 is 10.0 Å². The lowest BCUT2D eigenvalue weighted by Crippen LogP contribution is -2.16. The summed E-state index contributed by atoms with van der Waals surface area (Å²) >= 11 is 8.86. The van der Waals surface area contributed by atoms with Crippen LogP contribution in [0.5, 0.6) is 0 Å². The van der Waals surface area contributed by atoms with Crippen LogP contribution in [0.15, 0.2) is 56.7 Å².